The van der Waals surface area contributed by atoms with Crippen LogP contribution in [0.15, 0.2) is 64.7 Å². The number of rotatable bonds is 3. The molecule has 0 amide bonds. The van der Waals surface area contributed by atoms with Gasteiger partial charge in [-0.1, -0.05) is 53.5 Å². The van der Waals surface area contributed by atoms with E-state index < -0.39 is 12.1 Å². The quantitative estimate of drug-likeness (QED) is 0.855. The summed E-state index contributed by atoms with van der Waals surface area (Å²) in [6.07, 6.45) is 1.69. The Hall–Kier alpha value is -2.63. The highest BCUT2D eigenvalue weighted by atomic mass is 35.5. The summed E-state index contributed by atoms with van der Waals surface area (Å²) >= 11 is 12.3. The van der Waals surface area contributed by atoms with Crippen molar-refractivity contribution in [2.45, 2.75) is 12.6 Å². The number of hydrogen-bond acceptors (Lipinski definition) is 4. The second-order valence-corrected chi connectivity index (χ2v) is 6.76. The maximum absolute atomic E-state index is 11.4. The number of carbonyl (C=O) groups is 1. The highest BCUT2D eigenvalue weighted by Crippen LogP contribution is 2.35. The summed E-state index contributed by atoms with van der Waals surface area (Å²) in [6, 6.07) is 14.7. The van der Waals surface area contributed by atoms with Crippen molar-refractivity contribution in [3.05, 3.63) is 75.8 Å². The summed E-state index contributed by atoms with van der Waals surface area (Å²) in [5.74, 6) is -1.04. The molecule has 0 saturated heterocycles. The van der Waals surface area contributed by atoms with Crippen molar-refractivity contribution in [2.24, 2.45) is 10.1 Å². The highest BCUT2D eigenvalue weighted by molar-refractivity contribution is 6.36. The number of carboxylic acid groups (broad SMARTS) is 1. The molecule has 2 heterocycles. The monoisotopic (exact) mass is 385 g/mol. The van der Waals surface area contributed by atoms with Crippen molar-refractivity contribution in [1.82, 2.24) is 5.01 Å². The van der Waals surface area contributed by atoms with Gasteiger partial charge in [-0.05, 0) is 29.8 Å². The molecule has 0 saturated carbocycles. The Kier molecular flexibility index (Phi) is 4.26. The molecule has 2 aliphatic heterocycles. The third-order valence-electron chi connectivity index (χ3n) is 4.23. The van der Waals surface area contributed by atoms with Gasteiger partial charge in [0.25, 0.3) is 0 Å². The number of nitrogens with zero attached hydrogens (tertiary/aromatic N) is 3. The van der Waals surface area contributed by atoms with E-state index >= 15 is 0 Å². The van der Waals surface area contributed by atoms with Crippen molar-refractivity contribution in [2.75, 3.05) is 0 Å². The first-order valence-electron chi connectivity index (χ1n) is 7.93. The van der Waals surface area contributed by atoms with E-state index in [0.29, 0.717) is 10.0 Å². The van der Waals surface area contributed by atoms with E-state index in [1.54, 1.807) is 23.2 Å². The molecule has 7 heteroatoms. The van der Waals surface area contributed by atoms with Crippen molar-refractivity contribution in [3.8, 4) is 0 Å². The number of carboxylic acids is 1. The molecular formula is C19H13Cl2N3O2. The minimum absolute atomic E-state index is 0.0778. The van der Waals surface area contributed by atoms with E-state index in [1.165, 1.54) is 0 Å². The molecule has 0 spiro atoms. The second kappa shape index (κ2) is 6.59. The van der Waals surface area contributed by atoms with Crippen LogP contribution in [0.25, 0.3) is 5.70 Å². The first-order chi connectivity index (χ1) is 12.5. The lowest BCUT2D eigenvalue weighted by molar-refractivity contribution is -0.129. The highest BCUT2D eigenvalue weighted by Gasteiger charge is 2.35. The molecule has 2 aromatic carbocycles. The molecule has 0 fully saturated rings. The van der Waals surface area contributed by atoms with Crippen LogP contribution in [0.5, 0.6) is 0 Å². The van der Waals surface area contributed by atoms with E-state index in [2.05, 4.69) is 10.1 Å². The summed E-state index contributed by atoms with van der Waals surface area (Å²) < 4.78 is 0. The standard InChI is InChI=1S/C19H13Cl2N3O2/c20-12-7-5-11(6-8-12)15-9-17(13-3-1-2-4-14(13)21)24-18(22-15)10-16(23-24)19(25)26/h1-9,18H,10H2,(H,25,26). The van der Waals surface area contributed by atoms with Crippen LogP contribution in [0.1, 0.15) is 17.5 Å². The lowest BCUT2D eigenvalue weighted by atomic mass is 10.0. The van der Waals surface area contributed by atoms with Crippen LogP contribution in [0.2, 0.25) is 10.0 Å². The smallest absolute Gasteiger partial charge is 0.352 e. The van der Waals surface area contributed by atoms with Crippen LogP contribution in [-0.4, -0.2) is 33.7 Å². The van der Waals surface area contributed by atoms with E-state index in [0.717, 1.165) is 22.5 Å². The average Bonchev–Trinajstić information content (AvgIpc) is 3.07. The lowest BCUT2D eigenvalue weighted by Gasteiger charge is -2.28. The normalized spacial score (nSPS) is 18.8. The zero-order valence-corrected chi connectivity index (χ0v) is 14.9. The number of hydrazone groups is 1. The molecule has 5 nitrogen and oxygen atoms in total. The first-order valence-corrected chi connectivity index (χ1v) is 8.69. The molecule has 4 rings (SSSR count). The van der Waals surface area contributed by atoms with Gasteiger partial charge in [0.05, 0.1) is 11.4 Å². The Morgan fingerprint density at radius 1 is 1.12 bits per heavy atom. The van der Waals surface area contributed by atoms with Gasteiger partial charge in [0.15, 0.2) is 0 Å². The Morgan fingerprint density at radius 3 is 2.54 bits per heavy atom. The Balaban J connectivity index is 1.84. The molecule has 130 valence electrons. The number of allylic oxidation sites excluding steroid dienone is 1. The summed E-state index contributed by atoms with van der Waals surface area (Å²) in [5.41, 5.74) is 3.20. The van der Waals surface area contributed by atoms with Gasteiger partial charge < -0.3 is 5.11 Å². The number of halogens is 2. The van der Waals surface area contributed by atoms with Crippen LogP contribution in [0.4, 0.5) is 0 Å². The number of aliphatic imine (C=N–C) groups is 1. The van der Waals surface area contributed by atoms with Gasteiger partial charge in [-0.15, -0.1) is 0 Å². The predicted molar refractivity (Wildman–Crippen MR) is 103 cm³/mol. The molecule has 1 atom stereocenters. The summed E-state index contributed by atoms with van der Waals surface area (Å²) in [5, 5.41) is 16.4. The van der Waals surface area contributed by atoms with E-state index in [-0.39, 0.29) is 12.1 Å². The number of fused-ring (bicyclic) bond motifs is 1. The Labute approximate surface area is 159 Å². The van der Waals surface area contributed by atoms with Crippen molar-refractivity contribution in [3.63, 3.8) is 0 Å². The van der Waals surface area contributed by atoms with Crippen LogP contribution in [0, 0.1) is 0 Å². The topological polar surface area (TPSA) is 65.3 Å². The maximum Gasteiger partial charge on any atom is 0.352 e. The number of hydrogen-bond donors (Lipinski definition) is 1. The van der Waals surface area contributed by atoms with Gasteiger partial charge in [-0.2, -0.15) is 5.10 Å². The van der Waals surface area contributed by atoms with Gasteiger partial charge in [-0.3, -0.25) is 4.99 Å². The maximum atomic E-state index is 11.4. The molecular weight excluding hydrogens is 373 g/mol. The van der Waals surface area contributed by atoms with Gasteiger partial charge in [0.2, 0.25) is 0 Å². The Bertz CT molecular complexity index is 981. The van der Waals surface area contributed by atoms with Crippen LogP contribution in [-0.2, 0) is 4.79 Å². The number of benzene rings is 2. The fraction of sp³-hybridized carbons (Fsp3) is 0.105. The minimum Gasteiger partial charge on any atom is -0.477 e. The molecule has 2 aliphatic rings. The Morgan fingerprint density at radius 2 is 1.85 bits per heavy atom. The predicted octanol–water partition coefficient (Wildman–Crippen LogP) is 4.31. The fourth-order valence-corrected chi connectivity index (χ4v) is 3.34. The van der Waals surface area contributed by atoms with Crippen molar-refractivity contribution >= 4 is 46.3 Å². The molecule has 1 N–H and O–H groups in total. The van der Waals surface area contributed by atoms with Crippen LogP contribution in [0.3, 0.4) is 0 Å². The van der Waals surface area contributed by atoms with Crippen molar-refractivity contribution < 1.29 is 9.90 Å². The van der Waals surface area contributed by atoms with E-state index in [1.807, 2.05) is 36.4 Å². The third kappa shape index (κ3) is 3.00. The van der Waals surface area contributed by atoms with Gasteiger partial charge in [0, 0.05) is 22.0 Å². The zero-order chi connectivity index (χ0) is 18.3. The SMILES string of the molecule is O=C(O)C1=NN2C(c3ccccc3Cl)=CC(c3ccc(Cl)cc3)=NC2C1. The average molecular weight is 386 g/mol. The summed E-state index contributed by atoms with van der Waals surface area (Å²) in [6.45, 7) is 0. The van der Waals surface area contributed by atoms with Crippen LogP contribution < -0.4 is 0 Å². The van der Waals surface area contributed by atoms with Crippen LogP contribution >= 0.6 is 23.2 Å². The van der Waals surface area contributed by atoms with E-state index in [4.69, 9.17) is 23.2 Å². The molecule has 0 bridgehead atoms. The van der Waals surface area contributed by atoms with Gasteiger partial charge in [-0.25, -0.2) is 9.80 Å². The number of aliphatic carboxylic acids is 1. The molecule has 2 aromatic rings. The van der Waals surface area contributed by atoms with Gasteiger partial charge >= 0.3 is 5.97 Å². The van der Waals surface area contributed by atoms with Gasteiger partial charge in [0.1, 0.15) is 11.9 Å². The fourth-order valence-electron chi connectivity index (χ4n) is 2.98. The largest absolute Gasteiger partial charge is 0.477 e. The molecule has 0 aliphatic carbocycles. The summed E-state index contributed by atoms with van der Waals surface area (Å²) in [7, 11) is 0. The minimum atomic E-state index is -1.04. The second-order valence-electron chi connectivity index (χ2n) is 5.91. The first kappa shape index (κ1) is 16.8. The third-order valence-corrected chi connectivity index (χ3v) is 4.81. The molecule has 0 radical (unpaired) electrons. The zero-order valence-electron chi connectivity index (χ0n) is 13.4. The molecule has 26 heavy (non-hydrogen) atoms. The molecule has 0 aromatic heterocycles. The molecule has 1 unspecified atom stereocenters. The van der Waals surface area contributed by atoms with Crippen molar-refractivity contribution in [1.29, 1.82) is 0 Å². The lowest BCUT2D eigenvalue weighted by Crippen LogP contribution is -2.29. The summed E-state index contributed by atoms with van der Waals surface area (Å²) in [4.78, 5) is 16.1. The van der Waals surface area contributed by atoms with E-state index in [9.17, 15) is 9.90 Å².